The average molecular weight is 334 g/mol. The number of rotatable bonds is 5. The van der Waals surface area contributed by atoms with Crippen LogP contribution in [0.25, 0.3) is 0 Å². The average Bonchev–Trinajstić information content (AvgIpc) is 2.52. The molecule has 3 rings (SSSR count). The van der Waals surface area contributed by atoms with Crippen molar-refractivity contribution in [3.8, 4) is 0 Å². The Kier molecular flexibility index (Phi) is 4.59. The molecular weight excluding hydrogens is 316 g/mol. The third kappa shape index (κ3) is 3.96. The first-order chi connectivity index (χ1) is 10.6. The van der Waals surface area contributed by atoms with Crippen molar-refractivity contribution in [2.45, 2.75) is 17.7 Å². The fourth-order valence-electron chi connectivity index (χ4n) is 2.34. The summed E-state index contributed by atoms with van der Waals surface area (Å²) in [7, 11) is -3.17. The van der Waals surface area contributed by atoms with E-state index in [0.717, 1.165) is 30.0 Å². The Morgan fingerprint density at radius 1 is 1.14 bits per heavy atom. The van der Waals surface area contributed by atoms with Gasteiger partial charge in [0, 0.05) is 17.1 Å². The molecule has 2 N–H and O–H groups in total. The minimum Gasteiger partial charge on any atom is -0.385 e. The van der Waals surface area contributed by atoms with Crippen LogP contribution in [0, 0.1) is 0 Å². The van der Waals surface area contributed by atoms with E-state index in [-0.39, 0.29) is 5.08 Å². The molecule has 0 fully saturated rings. The molecule has 0 aliphatic carbocycles. The van der Waals surface area contributed by atoms with Gasteiger partial charge in [-0.25, -0.2) is 8.42 Å². The van der Waals surface area contributed by atoms with Crippen LogP contribution in [0.15, 0.2) is 53.4 Å². The number of thioether (sulfide) groups is 1. The minimum atomic E-state index is -3.17. The molecule has 0 bridgehead atoms. The lowest BCUT2D eigenvalue weighted by molar-refractivity contribution is 0.605. The largest absolute Gasteiger partial charge is 0.385 e. The van der Waals surface area contributed by atoms with Gasteiger partial charge in [-0.2, -0.15) is 0 Å². The molecule has 0 spiro atoms. The maximum atomic E-state index is 11.5. The Labute approximate surface area is 135 Å². The van der Waals surface area contributed by atoms with Gasteiger partial charge in [-0.1, -0.05) is 30.3 Å². The Hall–Kier alpha value is -1.66. The molecule has 4 nitrogen and oxygen atoms in total. The second-order valence-corrected chi connectivity index (χ2v) is 8.31. The van der Waals surface area contributed by atoms with Crippen molar-refractivity contribution in [2.24, 2.45) is 0 Å². The molecular formula is C16H18N2O2S2. The van der Waals surface area contributed by atoms with Gasteiger partial charge in [0.15, 0.2) is 0 Å². The molecule has 22 heavy (non-hydrogen) atoms. The first-order valence-electron chi connectivity index (χ1n) is 7.17. The van der Waals surface area contributed by atoms with E-state index < -0.39 is 10.0 Å². The lowest BCUT2D eigenvalue weighted by Gasteiger charge is -2.18. The molecule has 0 unspecified atom stereocenters. The fraction of sp³-hybridized carbons (Fsp3) is 0.250. The molecule has 6 heteroatoms. The third-order valence-electron chi connectivity index (χ3n) is 3.43. The molecule has 1 heterocycles. The predicted molar refractivity (Wildman–Crippen MR) is 93.0 cm³/mol. The van der Waals surface area contributed by atoms with Crippen molar-refractivity contribution in [1.82, 2.24) is 0 Å². The van der Waals surface area contributed by atoms with Gasteiger partial charge in [-0.15, -0.1) is 11.8 Å². The zero-order valence-corrected chi connectivity index (χ0v) is 13.7. The van der Waals surface area contributed by atoms with E-state index in [2.05, 4.69) is 34.3 Å². The first kappa shape index (κ1) is 15.2. The van der Waals surface area contributed by atoms with Crippen LogP contribution in [0.5, 0.6) is 0 Å². The summed E-state index contributed by atoms with van der Waals surface area (Å²) in [5.74, 6) is 0. The van der Waals surface area contributed by atoms with Gasteiger partial charge < -0.3 is 5.32 Å². The fourth-order valence-corrected chi connectivity index (χ4v) is 4.77. The maximum absolute atomic E-state index is 11.5. The van der Waals surface area contributed by atoms with Crippen LogP contribution in [-0.2, 0) is 16.4 Å². The third-order valence-corrected chi connectivity index (χ3v) is 6.32. The normalized spacial score (nSPS) is 15.6. The van der Waals surface area contributed by atoms with E-state index in [9.17, 15) is 8.42 Å². The summed E-state index contributed by atoms with van der Waals surface area (Å²) in [5.41, 5.74) is 3.05. The molecule has 0 saturated heterocycles. The van der Waals surface area contributed by atoms with Crippen LogP contribution in [0.2, 0.25) is 0 Å². The zero-order chi connectivity index (χ0) is 15.4. The van der Waals surface area contributed by atoms with Crippen molar-refractivity contribution in [2.75, 3.05) is 21.7 Å². The van der Waals surface area contributed by atoms with Gasteiger partial charge in [0.25, 0.3) is 0 Å². The van der Waals surface area contributed by atoms with E-state index in [1.807, 2.05) is 24.3 Å². The van der Waals surface area contributed by atoms with Gasteiger partial charge in [-0.05, 0) is 36.6 Å². The number of benzene rings is 2. The summed E-state index contributed by atoms with van der Waals surface area (Å²) in [5, 5.41) is 3.48. The summed E-state index contributed by atoms with van der Waals surface area (Å²) >= 11 is 1.36. The molecule has 1 aliphatic heterocycles. The highest BCUT2D eigenvalue weighted by Crippen LogP contribution is 2.35. The second kappa shape index (κ2) is 6.62. The van der Waals surface area contributed by atoms with Crippen molar-refractivity contribution in [3.63, 3.8) is 0 Å². The Bertz CT molecular complexity index is 746. The summed E-state index contributed by atoms with van der Waals surface area (Å²) in [4.78, 5) is 0.975. The zero-order valence-electron chi connectivity index (χ0n) is 12.1. The second-order valence-electron chi connectivity index (χ2n) is 5.21. The maximum Gasteiger partial charge on any atom is 0.242 e. The molecule has 0 aromatic heterocycles. The molecule has 2 aromatic carbocycles. The lowest BCUT2D eigenvalue weighted by atomic mass is 10.1. The number of fused-ring (bicyclic) bond motifs is 1. The number of aryl methyl sites for hydroxylation is 1. The minimum absolute atomic E-state index is 0.0808. The predicted octanol–water partition coefficient (Wildman–Crippen LogP) is 3.54. The highest BCUT2D eigenvalue weighted by molar-refractivity contribution is 8.13. The standard InChI is InChI=1S/C16H18N2O2S2/c19-22(20)12-21-16-11-14(8-9-15(16)18-22)17-10-4-7-13-5-2-1-3-6-13/h1-3,5-6,8-9,11,17-18H,4,7,10,12H2. The smallest absolute Gasteiger partial charge is 0.242 e. The Balaban J connectivity index is 1.54. The molecule has 116 valence electrons. The highest BCUT2D eigenvalue weighted by Gasteiger charge is 2.20. The van der Waals surface area contributed by atoms with Gasteiger partial charge >= 0.3 is 0 Å². The van der Waals surface area contributed by atoms with Gasteiger partial charge in [-0.3, -0.25) is 4.72 Å². The number of sulfonamides is 1. The van der Waals surface area contributed by atoms with Crippen LogP contribution < -0.4 is 10.0 Å². The number of anilines is 2. The van der Waals surface area contributed by atoms with Crippen LogP contribution in [-0.4, -0.2) is 20.0 Å². The van der Waals surface area contributed by atoms with Crippen LogP contribution in [0.4, 0.5) is 11.4 Å². The summed E-state index contributed by atoms with van der Waals surface area (Å²) in [6.45, 7) is 0.893. The molecule has 2 aromatic rings. The summed E-state index contributed by atoms with van der Waals surface area (Å²) in [6.07, 6.45) is 2.11. The molecule has 0 amide bonds. The SMILES string of the molecule is O=S1(=O)CSc2cc(NCCCc3ccccc3)ccc2N1. The van der Waals surface area contributed by atoms with Crippen LogP contribution >= 0.6 is 11.8 Å². The van der Waals surface area contributed by atoms with Gasteiger partial charge in [0.1, 0.15) is 5.08 Å². The topological polar surface area (TPSA) is 58.2 Å². The lowest BCUT2D eigenvalue weighted by Crippen LogP contribution is -2.19. The molecule has 1 aliphatic rings. The van der Waals surface area contributed by atoms with E-state index >= 15 is 0 Å². The number of nitrogens with one attached hydrogen (secondary N) is 2. The van der Waals surface area contributed by atoms with E-state index in [1.165, 1.54) is 17.3 Å². The number of hydrogen-bond acceptors (Lipinski definition) is 4. The first-order valence-corrected chi connectivity index (χ1v) is 9.81. The van der Waals surface area contributed by atoms with Crippen molar-refractivity contribution < 1.29 is 8.42 Å². The molecule has 0 saturated carbocycles. The molecule has 0 atom stereocenters. The Morgan fingerprint density at radius 3 is 2.77 bits per heavy atom. The van der Waals surface area contributed by atoms with E-state index in [0.29, 0.717) is 5.69 Å². The van der Waals surface area contributed by atoms with Crippen LogP contribution in [0.1, 0.15) is 12.0 Å². The van der Waals surface area contributed by atoms with Gasteiger partial charge in [0.05, 0.1) is 5.69 Å². The quantitative estimate of drug-likeness (QED) is 0.821. The van der Waals surface area contributed by atoms with Crippen molar-refractivity contribution in [3.05, 3.63) is 54.1 Å². The monoisotopic (exact) mass is 334 g/mol. The van der Waals surface area contributed by atoms with Crippen molar-refractivity contribution in [1.29, 1.82) is 0 Å². The Morgan fingerprint density at radius 2 is 1.95 bits per heavy atom. The van der Waals surface area contributed by atoms with Crippen molar-refractivity contribution >= 4 is 33.2 Å². The number of hydrogen-bond donors (Lipinski definition) is 2. The van der Waals surface area contributed by atoms with E-state index in [4.69, 9.17) is 0 Å². The summed E-state index contributed by atoms with van der Waals surface area (Å²) < 4.78 is 25.6. The van der Waals surface area contributed by atoms with Gasteiger partial charge in [0.2, 0.25) is 10.0 Å². The molecule has 0 radical (unpaired) electrons. The highest BCUT2D eigenvalue weighted by atomic mass is 32.3. The van der Waals surface area contributed by atoms with Crippen LogP contribution in [0.3, 0.4) is 0 Å². The van der Waals surface area contributed by atoms with E-state index in [1.54, 1.807) is 0 Å². The summed E-state index contributed by atoms with van der Waals surface area (Å²) in [6, 6.07) is 16.2.